The average molecular weight is 295 g/mol. The van der Waals surface area contributed by atoms with E-state index in [0.717, 1.165) is 17.2 Å². The normalized spacial score (nSPS) is 14.2. The summed E-state index contributed by atoms with van der Waals surface area (Å²) in [5.41, 5.74) is 2.20. The standard InChI is InChI=1S/C15H17N7/c1-20(13-7-8-13)15-17-18-19-22(15)11-12-3-5-14(6-4-12)21-10-2-9-16-21/h2-6,9-10,13H,7-8,11H2,1H3. The molecule has 0 radical (unpaired) electrons. The molecule has 0 amide bonds. The molecule has 3 aromatic rings. The van der Waals surface area contributed by atoms with Crippen molar-refractivity contribution < 1.29 is 0 Å². The molecule has 1 saturated carbocycles. The Morgan fingerprint density at radius 1 is 1.23 bits per heavy atom. The number of anilines is 1. The molecule has 22 heavy (non-hydrogen) atoms. The highest BCUT2D eigenvalue weighted by atomic mass is 15.6. The molecule has 112 valence electrons. The summed E-state index contributed by atoms with van der Waals surface area (Å²) in [6.45, 7) is 0.665. The second-order valence-electron chi connectivity index (χ2n) is 5.60. The zero-order valence-electron chi connectivity index (χ0n) is 12.4. The van der Waals surface area contributed by atoms with Gasteiger partial charge in [-0.1, -0.05) is 17.2 Å². The second-order valence-corrected chi connectivity index (χ2v) is 5.60. The largest absolute Gasteiger partial charge is 0.340 e. The van der Waals surface area contributed by atoms with E-state index in [-0.39, 0.29) is 0 Å². The first-order chi connectivity index (χ1) is 10.8. The van der Waals surface area contributed by atoms with Gasteiger partial charge in [-0.15, -0.1) is 0 Å². The Hall–Kier alpha value is -2.70. The lowest BCUT2D eigenvalue weighted by molar-refractivity contribution is 0.637. The van der Waals surface area contributed by atoms with Crippen LogP contribution in [0.5, 0.6) is 0 Å². The van der Waals surface area contributed by atoms with Gasteiger partial charge in [0.2, 0.25) is 5.95 Å². The van der Waals surface area contributed by atoms with E-state index < -0.39 is 0 Å². The zero-order chi connectivity index (χ0) is 14.9. The highest BCUT2D eigenvalue weighted by Gasteiger charge is 2.29. The van der Waals surface area contributed by atoms with Crippen LogP contribution in [0.25, 0.3) is 5.69 Å². The molecule has 1 aliphatic rings. The van der Waals surface area contributed by atoms with Crippen molar-refractivity contribution >= 4 is 5.95 Å². The van der Waals surface area contributed by atoms with Gasteiger partial charge < -0.3 is 4.90 Å². The topological polar surface area (TPSA) is 64.7 Å². The fourth-order valence-electron chi connectivity index (χ4n) is 2.53. The van der Waals surface area contributed by atoms with Gasteiger partial charge in [0.05, 0.1) is 12.2 Å². The molecule has 1 fully saturated rings. The molecule has 4 rings (SSSR count). The summed E-state index contributed by atoms with van der Waals surface area (Å²) < 4.78 is 3.69. The summed E-state index contributed by atoms with van der Waals surface area (Å²) in [4.78, 5) is 2.16. The van der Waals surface area contributed by atoms with Gasteiger partial charge in [-0.2, -0.15) is 5.10 Å². The van der Waals surface area contributed by atoms with E-state index in [4.69, 9.17) is 0 Å². The molecule has 0 saturated heterocycles. The summed E-state index contributed by atoms with van der Waals surface area (Å²) in [6.07, 6.45) is 6.15. The maximum atomic E-state index is 4.23. The van der Waals surface area contributed by atoms with Crippen LogP contribution in [-0.4, -0.2) is 43.1 Å². The molecule has 0 atom stereocenters. The second kappa shape index (κ2) is 5.25. The van der Waals surface area contributed by atoms with Crippen molar-refractivity contribution in [3.8, 4) is 5.69 Å². The highest BCUT2D eigenvalue weighted by Crippen LogP contribution is 2.28. The quantitative estimate of drug-likeness (QED) is 0.714. The molecule has 7 nitrogen and oxygen atoms in total. The van der Waals surface area contributed by atoms with E-state index in [1.165, 1.54) is 12.8 Å². The van der Waals surface area contributed by atoms with Crippen LogP contribution in [0.3, 0.4) is 0 Å². The van der Waals surface area contributed by atoms with Gasteiger partial charge in [0, 0.05) is 25.5 Å². The van der Waals surface area contributed by atoms with Gasteiger partial charge in [-0.3, -0.25) is 0 Å². The van der Waals surface area contributed by atoms with Gasteiger partial charge >= 0.3 is 0 Å². The Bertz CT molecular complexity index is 741. The molecule has 1 aromatic carbocycles. The van der Waals surface area contributed by atoms with Crippen LogP contribution in [0.4, 0.5) is 5.95 Å². The first kappa shape index (κ1) is 13.0. The molecule has 0 unspecified atom stereocenters. The van der Waals surface area contributed by atoms with Crippen molar-refractivity contribution in [3.05, 3.63) is 48.3 Å². The molecule has 2 aromatic heterocycles. The Balaban J connectivity index is 1.53. The van der Waals surface area contributed by atoms with Crippen molar-refractivity contribution in [2.75, 3.05) is 11.9 Å². The third-order valence-electron chi connectivity index (χ3n) is 3.96. The lowest BCUT2D eigenvalue weighted by Crippen LogP contribution is -2.24. The van der Waals surface area contributed by atoms with Gasteiger partial charge in [-0.25, -0.2) is 9.36 Å². The number of nitrogens with zero attached hydrogens (tertiary/aromatic N) is 7. The average Bonchev–Trinajstić information content (AvgIpc) is 3.06. The molecular weight excluding hydrogens is 278 g/mol. The fraction of sp³-hybridized carbons (Fsp3) is 0.333. The summed E-state index contributed by atoms with van der Waals surface area (Å²) >= 11 is 0. The molecule has 0 aliphatic heterocycles. The molecule has 1 aliphatic carbocycles. The van der Waals surface area contributed by atoms with E-state index in [9.17, 15) is 0 Å². The van der Waals surface area contributed by atoms with E-state index in [2.05, 4.69) is 56.8 Å². The minimum Gasteiger partial charge on any atom is -0.340 e. The Morgan fingerprint density at radius 2 is 2.05 bits per heavy atom. The smallest absolute Gasteiger partial charge is 0.245 e. The first-order valence-corrected chi connectivity index (χ1v) is 7.39. The molecule has 0 spiro atoms. The Kier molecular flexibility index (Phi) is 3.10. The van der Waals surface area contributed by atoms with Crippen LogP contribution >= 0.6 is 0 Å². The maximum Gasteiger partial charge on any atom is 0.245 e. The maximum absolute atomic E-state index is 4.23. The van der Waals surface area contributed by atoms with Crippen molar-refractivity contribution in [1.29, 1.82) is 0 Å². The van der Waals surface area contributed by atoms with Crippen LogP contribution in [0.1, 0.15) is 18.4 Å². The van der Waals surface area contributed by atoms with E-state index in [0.29, 0.717) is 12.6 Å². The lowest BCUT2D eigenvalue weighted by atomic mass is 10.2. The van der Waals surface area contributed by atoms with Gasteiger partial charge in [-0.05, 0) is 47.0 Å². The third-order valence-corrected chi connectivity index (χ3v) is 3.96. The first-order valence-electron chi connectivity index (χ1n) is 7.39. The number of rotatable bonds is 5. The van der Waals surface area contributed by atoms with Crippen molar-refractivity contribution in [3.63, 3.8) is 0 Å². The number of hydrogen-bond donors (Lipinski definition) is 0. The molecule has 7 heteroatoms. The molecule has 0 bridgehead atoms. The minimum atomic E-state index is 0.590. The number of tetrazole rings is 1. The molecular formula is C15H17N7. The van der Waals surface area contributed by atoms with E-state index in [1.807, 2.05) is 21.6 Å². The summed E-state index contributed by atoms with van der Waals surface area (Å²) in [7, 11) is 2.06. The van der Waals surface area contributed by atoms with Crippen LogP contribution < -0.4 is 4.90 Å². The highest BCUT2D eigenvalue weighted by molar-refractivity contribution is 5.35. The monoisotopic (exact) mass is 295 g/mol. The van der Waals surface area contributed by atoms with Crippen molar-refractivity contribution in [2.24, 2.45) is 0 Å². The number of aromatic nitrogens is 6. The van der Waals surface area contributed by atoms with Crippen LogP contribution in [0.2, 0.25) is 0 Å². The SMILES string of the molecule is CN(c1nnnn1Cc1ccc(-n2cccn2)cc1)C1CC1. The fourth-order valence-corrected chi connectivity index (χ4v) is 2.53. The molecule has 0 N–H and O–H groups in total. The number of hydrogen-bond acceptors (Lipinski definition) is 5. The predicted octanol–water partition coefficient (Wildman–Crippen LogP) is 1.51. The van der Waals surface area contributed by atoms with Gasteiger partial charge in [0.15, 0.2) is 0 Å². The van der Waals surface area contributed by atoms with E-state index in [1.54, 1.807) is 6.20 Å². The van der Waals surface area contributed by atoms with Crippen LogP contribution in [0, 0.1) is 0 Å². The van der Waals surface area contributed by atoms with Gasteiger partial charge in [0.1, 0.15) is 0 Å². The van der Waals surface area contributed by atoms with Crippen molar-refractivity contribution in [2.45, 2.75) is 25.4 Å². The van der Waals surface area contributed by atoms with Crippen molar-refractivity contribution in [1.82, 2.24) is 30.0 Å². The van der Waals surface area contributed by atoms with E-state index >= 15 is 0 Å². The summed E-state index contributed by atoms with van der Waals surface area (Å²) in [5.74, 6) is 0.832. The predicted molar refractivity (Wildman–Crippen MR) is 81.9 cm³/mol. The summed E-state index contributed by atoms with van der Waals surface area (Å²) in [6, 6.07) is 10.8. The lowest BCUT2D eigenvalue weighted by Gasteiger charge is -2.16. The zero-order valence-corrected chi connectivity index (χ0v) is 12.4. The van der Waals surface area contributed by atoms with Gasteiger partial charge in [0.25, 0.3) is 0 Å². The van der Waals surface area contributed by atoms with Crippen LogP contribution in [0.15, 0.2) is 42.7 Å². The Labute approximate surface area is 128 Å². The summed E-state index contributed by atoms with van der Waals surface area (Å²) in [5, 5.41) is 16.3. The third kappa shape index (κ3) is 2.45. The Morgan fingerprint density at radius 3 is 2.73 bits per heavy atom. The van der Waals surface area contributed by atoms with Crippen LogP contribution in [-0.2, 0) is 6.54 Å². The minimum absolute atomic E-state index is 0.590. The molecule has 2 heterocycles. The number of benzene rings is 1.